The molecule has 0 fully saturated rings. The molecule has 2 N–H and O–H groups in total. The second kappa shape index (κ2) is 9.13. The average molecular weight is 470 g/mol. The highest BCUT2D eigenvalue weighted by Crippen LogP contribution is 2.20. The van der Waals surface area contributed by atoms with E-state index in [0.717, 1.165) is 28.1 Å². The fourth-order valence-corrected chi connectivity index (χ4v) is 4.44. The summed E-state index contributed by atoms with van der Waals surface area (Å²) in [7, 11) is -3.92. The first-order valence-electron chi connectivity index (χ1n) is 8.64. The molecule has 0 aliphatic heterocycles. The van der Waals surface area contributed by atoms with Gasteiger partial charge in [-0.05, 0) is 32.0 Å². The first kappa shape index (κ1) is 22.2. The van der Waals surface area contributed by atoms with Crippen LogP contribution in [-0.4, -0.2) is 29.3 Å². The predicted molar refractivity (Wildman–Crippen MR) is 110 cm³/mol. The lowest BCUT2D eigenvalue weighted by molar-refractivity contribution is 0.0935. The van der Waals surface area contributed by atoms with E-state index in [2.05, 4.69) is 25.0 Å². The van der Waals surface area contributed by atoms with E-state index >= 15 is 0 Å². The second-order valence-electron chi connectivity index (χ2n) is 6.27. The Kier molecular flexibility index (Phi) is 6.76. The van der Waals surface area contributed by atoms with Crippen LogP contribution in [0.5, 0.6) is 0 Å². The lowest BCUT2D eigenvalue weighted by atomic mass is 10.3. The van der Waals surface area contributed by atoms with Gasteiger partial charge in [0.15, 0.2) is 0 Å². The number of nitrogens with zero attached hydrogens (tertiary/aromatic N) is 3. The van der Waals surface area contributed by atoms with Crippen LogP contribution in [0, 0.1) is 12.7 Å². The van der Waals surface area contributed by atoms with Gasteiger partial charge in [-0.15, -0.1) is 11.3 Å². The number of sulfonamides is 1. The molecule has 0 spiro atoms. The number of nitrogens with one attached hydrogen (secondary N) is 2. The molecule has 12 heteroatoms. The van der Waals surface area contributed by atoms with E-state index in [0.29, 0.717) is 5.69 Å². The van der Waals surface area contributed by atoms with Gasteiger partial charge in [0, 0.05) is 11.1 Å². The van der Waals surface area contributed by atoms with Crippen LogP contribution in [0.2, 0.25) is 5.02 Å². The zero-order valence-electron chi connectivity index (χ0n) is 15.9. The van der Waals surface area contributed by atoms with E-state index in [-0.39, 0.29) is 28.2 Å². The van der Waals surface area contributed by atoms with Gasteiger partial charge in [0.2, 0.25) is 10.0 Å². The standard InChI is InChI=1S/C18H17ClFN5O3S2/c1-10(17-9-21-11(2)29-17)25-18(26)16-8-22-12(6-23-16)7-24-30(27,28)13-3-4-15(20)14(19)5-13/h3-6,8-10,24H,7H2,1-2H3,(H,25,26). The highest BCUT2D eigenvalue weighted by atomic mass is 35.5. The minimum absolute atomic E-state index is 0.0972. The molecular formula is C18H17ClFN5O3S2. The quantitative estimate of drug-likeness (QED) is 0.549. The van der Waals surface area contributed by atoms with Crippen molar-refractivity contribution in [1.82, 2.24) is 25.0 Å². The zero-order valence-corrected chi connectivity index (χ0v) is 18.3. The molecule has 0 saturated carbocycles. The minimum atomic E-state index is -3.92. The Bertz CT molecular complexity index is 1170. The van der Waals surface area contributed by atoms with Crippen LogP contribution >= 0.6 is 22.9 Å². The van der Waals surface area contributed by atoms with E-state index in [4.69, 9.17) is 11.6 Å². The van der Waals surface area contributed by atoms with Crippen LogP contribution in [0.3, 0.4) is 0 Å². The molecule has 30 heavy (non-hydrogen) atoms. The first-order valence-corrected chi connectivity index (χ1v) is 11.3. The molecule has 1 amide bonds. The van der Waals surface area contributed by atoms with E-state index < -0.39 is 21.7 Å². The molecule has 0 bridgehead atoms. The van der Waals surface area contributed by atoms with Gasteiger partial charge in [-0.3, -0.25) is 9.78 Å². The fourth-order valence-electron chi connectivity index (χ4n) is 2.38. The van der Waals surface area contributed by atoms with Gasteiger partial charge in [0.25, 0.3) is 5.91 Å². The summed E-state index contributed by atoms with van der Waals surface area (Å²) in [4.78, 5) is 25.3. The molecule has 1 unspecified atom stereocenters. The number of hydrogen-bond acceptors (Lipinski definition) is 7. The molecule has 0 saturated heterocycles. The summed E-state index contributed by atoms with van der Waals surface area (Å²) < 4.78 is 40.1. The monoisotopic (exact) mass is 469 g/mol. The van der Waals surface area contributed by atoms with Gasteiger partial charge in [-0.25, -0.2) is 27.5 Å². The normalized spacial score (nSPS) is 12.5. The molecule has 1 atom stereocenters. The van der Waals surface area contributed by atoms with Crippen molar-refractivity contribution >= 4 is 38.9 Å². The summed E-state index contributed by atoms with van der Waals surface area (Å²) in [6.45, 7) is 3.55. The SMILES string of the molecule is Cc1ncc(C(C)NC(=O)c2cnc(CNS(=O)(=O)c3ccc(F)c(Cl)c3)cn2)s1. The van der Waals surface area contributed by atoms with Gasteiger partial charge in [-0.1, -0.05) is 11.6 Å². The third-order valence-corrected chi connectivity index (χ3v) is 6.78. The maximum Gasteiger partial charge on any atom is 0.271 e. The van der Waals surface area contributed by atoms with Gasteiger partial charge >= 0.3 is 0 Å². The third kappa shape index (κ3) is 5.36. The number of hydrogen-bond donors (Lipinski definition) is 2. The van der Waals surface area contributed by atoms with Gasteiger partial charge in [0.1, 0.15) is 11.5 Å². The highest BCUT2D eigenvalue weighted by Gasteiger charge is 2.17. The van der Waals surface area contributed by atoms with Crippen molar-refractivity contribution in [3.05, 3.63) is 68.9 Å². The van der Waals surface area contributed by atoms with Crippen LogP contribution in [0.25, 0.3) is 0 Å². The van der Waals surface area contributed by atoms with Crippen molar-refractivity contribution in [1.29, 1.82) is 0 Å². The molecule has 158 valence electrons. The van der Waals surface area contributed by atoms with Crippen LogP contribution in [-0.2, 0) is 16.6 Å². The summed E-state index contributed by atoms with van der Waals surface area (Å²) in [5, 5.41) is 3.41. The van der Waals surface area contributed by atoms with Crippen molar-refractivity contribution < 1.29 is 17.6 Å². The smallest absolute Gasteiger partial charge is 0.271 e. The topological polar surface area (TPSA) is 114 Å². The van der Waals surface area contributed by atoms with Crippen LogP contribution < -0.4 is 10.0 Å². The summed E-state index contributed by atoms with van der Waals surface area (Å²) in [5.41, 5.74) is 0.398. The second-order valence-corrected chi connectivity index (χ2v) is 9.71. The Labute approximate surface area is 181 Å². The number of benzene rings is 1. The number of halogens is 2. The van der Waals surface area contributed by atoms with Crippen molar-refractivity contribution in [2.75, 3.05) is 0 Å². The third-order valence-electron chi connectivity index (χ3n) is 4.00. The van der Waals surface area contributed by atoms with E-state index in [1.807, 2.05) is 13.8 Å². The molecule has 0 aliphatic rings. The number of thiazole rings is 1. The van der Waals surface area contributed by atoms with E-state index in [1.165, 1.54) is 23.7 Å². The summed E-state index contributed by atoms with van der Waals surface area (Å²) in [6.07, 6.45) is 4.27. The van der Waals surface area contributed by atoms with Crippen molar-refractivity contribution in [3.63, 3.8) is 0 Å². The molecule has 1 aromatic carbocycles. The Hall–Kier alpha value is -2.47. The van der Waals surface area contributed by atoms with Crippen LogP contribution in [0.4, 0.5) is 4.39 Å². The Morgan fingerprint density at radius 3 is 2.60 bits per heavy atom. The summed E-state index contributed by atoms with van der Waals surface area (Å²) in [5.74, 6) is -1.12. The number of rotatable bonds is 7. The number of carbonyl (C=O) groups is 1. The molecule has 0 radical (unpaired) electrons. The average Bonchev–Trinajstić information content (AvgIpc) is 3.15. The van der Waals surface area contributed by atoms with Crippen molar-refractivity contribution in [3.8, 4) is 0 Å². The summed E-state index contributed by atoms with van der Waals surface area (Å²) >= 11 is 7.12. The Balaban J connectivity index is 1.61. The zero-order chi connectivity index (χ0) is 21.9. The lowest BCUT2D eigenvalue weighted by Gasteiger charge is -2.11. The summed E-state index contributed by atoms with van der Waals surface area (Å²) in [6, 6.07) is 2.86. The number of aromatic nitrogens is 3. The molecule has 2 aromatic heterocycles. The maximum atomic E-state index is 13.2. The molecule has 0 aliphatic carbocycles. The molecule has 3 aromatic rings. The molecular weight excluding hydrogens is 453 g/mol. The van der Waals surface area contributed by atoms with Crippen LogP contribution in [0.15, 0.2) is 41.7 Å². The fraction of sp³-hybridized carbons (Fsp3) is 0.222. The maximum absolute atomic E-state index is 13.2. The van der Waals surface area contributed by atoms with Crippen LogP contribution in [0.1, 0.15) is 39.0 Å². The minimum Gasteiger partial charge on any atom is -0.343 e. The Morgan fingerprint density at radius 1 is 1.23 bits per heavy atom. The number of carbonyl (C=O) groups excluding carboxylic acids is 1. The van der Waals surface area contributed by atoms with Crippen molar-refractivity contribution in [2.45, 2.75) is 31.3 Å². The van der Waals surface area contributed by atoms with Gasteiger partial charge < -0.3 is 5.32 Å². The van der Waals surface area contributed by atoms with Gasteiger partial charge in [0.05, 0.1) is 45.6 Å². The number of aryl methyl sites for hydroxylation is 1. The molecule has 8 nitrogen and oxygen atoms in total. The van der Waals surface area contributed by atoms with Crippen molar-refractivity contribution in [2.24, 2.45) is 0 Å². The van der Waals surface area contributed by atoms with Gasteiger partial charge in [-0.2, -0.15) is 0 Å². The first-order chi connectivity index (χ1) is 14.2. The Morgan fingerprint density at radius 2 is 2.00 bits per heavy atom. The molecule has 2 heterocycles. The van der Waals surface area contributed by atoms with E-state index in [1.54, 1.807) is 6.20 Å². The number of amides is 1. The predicted octanol–water partition coefficient (Wildman–Crippen LogP) is 3.00. The lowest BCUT2D eigenvalue weighted by Crippen LogP contribution is -2.27. The molecule has 3 rings (SSSR count). The van der Waals surface area contributed by atoms with E-state index in [9.17, 15) is 17.6 Å². The largest absolute Gasteiger partial charge is 0.343 e. The highest BCUT2D eigenvalue weighted by molar-refractivity contribution is 7.89.